The maximum absolute atomic E-state index is 13.4. The Morgan fingerprint density at radius 3 is 2.62 bits per heavy atom. The topological polar surface area (TPSA) is 53.6 Å². The van der Waals surface area contributed by atoms with Crippen molar-refractivity contribution in [3.8, 4) is 5.75 Å². The molecule has 0 saturated carbocycles. The van der Waals surface area contributed by atoms with E-state index in [0.29, 0.717) is 38.7 Å². The van der Waals surface area contributed by atoms with Gasteiger partial charge >= 0.3 is 0 Å². The van der Waals surface area contributed by atoms with Crippen LogP contribution in [0.1, 0.15) is 25.5 Å². The molecule has 0 radical (unpaired) electrons. The van der Waals surface area contributed by atoms with Gasteiger partial charge in [-0.05, 0) is 55.9 Å². The molecular formula is C21H21Cl2N3O2S. The van der Waals surface area contributed by atoms with Gasteiger partial charge in [0, 0.05) is 12.2 Å². The van der Waals surface area contributed by atoms with Gasteiger partial charge in [0.2, 0.25) is 0 Å². The predicted molar refractivity (Wildman–Crippen MR) is 122 cm³/mol. The van der Waals surface area contributed by atoms with Gasteiger partial charge in [-0.1, -0.05) is 41.4 Å². The first-order valence-corrected chi connectivity index (χ1v) is 10.2. The predicted octanol–water partition coefficient (Wildman–Crippen LogP) is 5.17. The summed E-state index contributed by atoms with van der Waals surface area (Å²) < 4.78 is 5.35. The van der Waals surface area contributed by atoms with Crippen molar-refractivity contribution in [3.63, 3.8) is 0 Å². The van der Waals surface area contributed by atoms with E-state index in [2.05, 4.69) is 10.6 Å². The van der Waals surface area contributed by atoms with Gasteiger partial charge < -0.3 is 20.3 Å². The van der Waals surface area contributed by atoms with Crippen LogP contribution in [-0.4, -0.2) is 29.6 Å². The van der Waals surface area contributed by atoms with E-state index in [1.807, 2.05) is 36.9 Å². The van der Waals surface area contributed by atoms with Crippen LogP contribution < -0.4 is 15.4 Å². The summed E-state index contributed by atoms with van der Waals surface area (Å²) in [4.78, 5) is 15.2. The van der Waals surface area contributed by atoms with Crippen LogP contribution in [0.3, 0.4) is 0 Å². The van der Waals surface area contributed by atoms with E-state index >= 15 is 0 Å². The monoisotopic (exact) mass is 449 g/mol. The minimum atomic E-state index is -0.463. The maximum Gasteiger partial charge on any atom is 0.255 e. The van der Waals surface area contributed by atoms with Gasteiger partial charge in [-0.2, -0.15) is 0 Å². The molecule has 1 heterocycles. The molecule has 8 heteroatoms. The number of halogens is 2. The normalized spacial score (nSPS) is 16.5. The molecule has 1 atom stereocenters. The number of para-hydroxylation sites is 2. The van der Waals surface area contributed by atoms with Gasteiger partial charge in [0.25, 0.3) is 5.91 Å². The number of amides is 1. The summed E-state index contributed by atoms with van der Waals surface area (Å²) in [6.45, 7) is 4.50. The number of benzene rings is 2. The molecule has 2 aromatic rings. The number of nitrogens with zero attached hydrogens (tertiary/aromatic N) is 1. The van der Waals surface area contributed by atoms with Crippen LogP contribution >= 0.6 is 35.4 Å². The molecule has 1 aliphatic heterocycles. The van der Waals surface area contributed by atoms with Crippen LogP contribution in [0.5, 0.6) is 5.75 Å². The Morgan fingerprint density at radius 2 is 1.97 bits per heavy atom. The summed E-state index contributed by atoms with van der Waals surface area (Å²) in [7, 11) is 1.56. The Bertz CT molecular complexity index is 994. The minimum Gasteiger partial charge on any atom is -0.495 e. The van der Waals surface area contributed by atoms with Crippen molar-refractivity contribution in [2.24, 2.45) is 0 Å². The number of carbonyl (C=O) groups is 1. The number of hydrogen-bond acceptors (Lipinski definition) is 3. The summed E-state index contributed by atoms with van der Waals surface area (Å²) in [6, 6.07) is 12.1. The second-order valence-electron chi connectivity index (χ2n) is 6.45. The average Bonchev–Trinajstić information content (AvgIpc) is 2.70. The van der Waals surface area contributed by atoms with Crippen molar-refractivity contribution in [2.75, 3.05) is 19.0 Å². The molecule has 1 amide bonds. The molecule has 0 aromatic heterocycles. The van der Waals surface area contributed by atoms with E-state index in [0.717, 1.165) is 11.3 Å². The summed E-state index contributed by atoms with van der Waals surface area (Å²) in [5.41, 5.74) is 2.70. The Kier molecular flexibility index (Phi) is 6.67. The molecule has 152 valence electrons. The van der Waals surface area contributed by atoms with E-state index < -0.39 is 6.04 Å². The molecule has 0 spiro atoms. The fourth-order valence-electron chi connectivity index (χ4n) is 3.34. The van der Waals surface area contributed by atoms with Crippen LogP contribution in [0.2, 0.25) is 10.0 Å². The number of ether oxygens (including phenoxy) is 1. The first-order chi connectivity index (χ1) is 13.9. The lowest BCUT2D eigenvalue weighted by Gasteiger charge is -2.37. The molecule has 0 saturated heterocycles. The second kappa shape index (κ2) is 9.03. The summed E-state index contributed by atoms with van der Waals surface area (Å²) in [6.07, 6.45) is 0. The molecule has 1 aliphatic rings. The minimum absolute atomic E-state index is 0.253. The number of carbonyl (C=O) groups excluding carboxylic acids is 1. The molecule has 0 unspecified atom stereocenters. The Hall–Kier alpha value is -2.28. The van der Waals surface area contributed by atoms with Gasteiger partial charge in [-0.15, -0.1) is 0 Å². The van der Waals surface area contributed by atoms with Crippen LogP contribution in [0.15, 0.2) is 53.7 Å². The average molecular weight is 450 g/mol. The third-order valence-electron chi connectivity index (χ3n) is 4.79. The number of hydrogen-bond donors (Lipinski definition) is 2. The highest BCUT2D eigenvalue weighted by Gasteiger charge is 2.33. The highest BCUT2D eigenvalue weighted by Crippen LogP contribution is 2.35. The molecular weight excluding hydrogens is 429 g/mol. The van der Waals surface area contributed by atoms with Crippen LogP contribution in [0.25, 0.3) is 0 Å². The zero-order chi connectivity index (χ0) is 21.1. The van der Waals surface area contributed by atoms with Gasteiger partial charge in [-0.3, -0.25) is 4.79 Å². The third-order valence-corrected chi connectivity index (χ3v) is 5.87. The van der Waals surface area contributed by atoms with E-state index in [4.69, 9.17) is 40.2 Å². The molecule has 2 N–H and O–H groups in total. The largest absolute Gasteiger partial charge is 0.495 e. The Balaban J connectivity index is 2.05. The SMILES string of the molecule is CCN1C(=S)N[C@@H](c2ccc(Cl)c(Cl)c2)C(C(=O)Nc2ccccc2OC)=C1C. The number of thiocarbonyl (C=S) groups is 1. The van der Waals surface area contributed by atoms with Crippen LogP contribution in [-0.2, 0) is 4.79 Å². The van der Waals surface area contributed by atoms with E-state index in [9.17, 15) is 4.79 Å². The Labute approximate surface area is 185 Å². The molecule has 0 aliphatic carbocycles. The van der Waals surface area contributed by atoms with Gasteiger partial charge in [0.1, 0.15) is 5.75 Å². The number of rotatable bonds is 5. The fraction of sp³-hybridized carbons (Fsp3) is 0.238. The highest BCUT2D eigenvalue weighted by atomic mass is 35.5. The molecule has 3 rings (SSSR count). The zero-order valence-corrected chi connectivity index (χ0v) is 18.6. The van der Waals surface area contributed by atoms with Crippen molar-refractivity contribution in [3.05, 3.63) is 69.3 Å². The lowest BCUT2D eigenvalue weighted by atomic mass is 9.94. The smallest absolute Gasteiger partial charge is 0.255 e. The summed E-state index contributed by atoms with van der Waals surface area (Å²) in [5, 5.41) is 7.63. The lowest BCUT2D eigenvalue weighted by Crippen LogP contribution is -2.48. The van der Waals surface area contributed by atoms with Crippen molar-refractivity contribution in [1.82, 2.24) is 10.2 Å². The van der Waals surface area contributed by atoms with Crippen LogP contribution in [0, 0.1) is 0 Å². The Morgan fingerprint density at radius 1 is 1.24 bits per heavy atom. The van der Waals surface area contributed by atoms with Crippen molar-refractivity contribution < 1.29 is 9.53 Å². The van der Waals surface area contributed by atoms with Crippen molar-refractivity contribution in [2.45, 2.75) is 19.9 Å². The zero-order valence-electron chi connectivity index (χ0n) is 16.3. The van der Waals surface area contributed by atoms with Gasteiger partial charge in [0.05, 0.1) is 34.5 Å². The van der Waals surface area contributed by atoms with E-state index in [-0.39, 0.29) is 5.91 Å². The van der Waals surface area contributed by atoms with Gasteiger partial charge in [0.15, 0.2) is 5.11 Å². The lowest BCUT2D eigenvalue weighted by molar-refractivity contribution is -0.113. The van der Waals surface area contributed by atoms with Crippen LogP contribution in [0.4, 0.5) is 5.69 Å². The van der Waals surface area contributed by atoms with Crippen molar-refractivity contribution in [1.29, 1.82) is 0 Å². The highest BCUT2D eigenvalue weighted by molar-refractivity contribution is 7.80. The standard InChI is InChI=1S/C21H21Cl2N3O2S/c1-4-26-12(2)18(20(27)24-16-7-5-6-8-17(16)28-3)19(25-21(26)29)13-9-10-14(22)15(23)11-13/h5-11,19H,4H2,1-3H3,(H,24,27)(H,25,29)/t19-/m0/s1. The van der Waals surface area contributed by atoms with E-state index in [1.165, 1.54) is 0 Å². The molecule has 5 nitrogen and oxygen atoms in total. The second-order valence-corrected chi connectivity index (χ2v) is 7.65. The number of allylic oxidation sites excluding steroid dienone is 1. The maximum atomic E-state index is 13.4. The molecule has 29 heavy (non-hydrogen) atoms. The summed E-state index contributed by atoms with van der Waals surface area (Å²) >= 11 is 17.8. The summed E-state index contributed by atoms with van der Waals surface area (Å²) in [5.74, 6) is 0.327. The molecule has 0 bridgehead atoms. The van der Waals surface area contributed by atoms with Gasteiger partial charge in [-0.25, -0.2) is 0 Å². The fourth-order valence-corrected chi connectivity index (χ4v) is 4.03. The first-order valence-electron chi connectivity index (χ1n) is 9.05. The number of nitrogens with one attached hydrogen (secondary N) is 2. The molecule has 2 aromatic carbocycles. The number of anilines is 1. The quantitative estimate of drug-likeness (QED) is 0.616. The number of methoxy groups -OCH3 is 1. The third kappa shape index (κ3) is 4.34. The molecule has 0 fully saturated rings. The first kappa shape index (κ1) is 21.4. The van der Waals surface area contributed by atoms with Crippen molar-refractivity contribution >= 4 is 52.1 Å². The van der Waals surface area contributed by atoms with E-state index in [1.54, 1.807) is 31.4 Å².